The number of ether oxygens (including phenoxy) is 1. The van der Waals surface area contributed by atoms with Crippen LogP contribution in [0.1, 0.15) is 32.6 Å². The molecular weight excluding hydrogens is 324 g/mol. The summed E-state index contributed by atoms with van der Waals surface area (Å²) in [5.74, 6) is -2.01. The van der Waals surface area contributed by atoms with E-state index in [0.717, 1.165) is 30.6 Å². The highest BCUT2D eigenvalue weighted by Crippen LogP contribution is 2.23. The van der Waals surface area contributed by atoms with Gasteiger partial charge in [0.1, 0.15) is 5.75 Å². The zero-order chi connectivity index (χ0) is 17.0. The Morgan fingerprint density at radius 3 is 2.52 bits per heavy atom. The topological polar surface area (TPSA) is 113 Å². The molecule has 2 fully saturated rings. The summed E-state index contributed by atoms with van der Waals surface area (Å²) in [5.41, 5.74) is 0. The van der Waals surface area contributed by atoms with Crippen molar-refractivity contribution in [2.24, 2.45) is 5.92 Å². The van der Waals surface area contributed by atoms with E-state index >= 15 is 0 Å². The zero-order valence-corrected chi connectivity index (χ0v) is 14.0. The van der Waals surface area contributed by atoms with Crippen LogP contribution in [-0.4, -0.2) is 67.9 Å². The van der Waals surface area contributed by atoms with E-state index in [2.05, 4.69) is 11.6 Å². The molecule has 0 aromatic rings. The molecule has 0 aromatic carbocycles. The van der Waals surface area contributed by atoms with Gasteiger partial charge in [-0.3, -0.25) is 4.79 Å². The normalized spacial score (nSPS) is 29.3. The fraction of sp³-hybridized carbons (Fsp3) is 0.857. The lowest BCUT2D eigenvalue weighted by Crippen LogP contribution is -2.55. The predicted octanol–water partition coefficient (Wildman–Crippen LogP) is -0.203. The summed E-state index contributed by atoms with van der Waals surface area (Å²) in [5, 5.41) is 9.10. The van der Waals surface area contributed by atoms with Crippen molar-refractivity contribution in [3.05, 3.63) is 0 Å². The number of carbonyl (C=O) groups is 2. The molecule has 2 rings (SSSR count). The summed E-state index contributed by atoms with van der Waals surface area (Å²) in [6.07, 6.45) is 3.46. The number of nitrogens with zero attached hydrogens (tertiary/aromatic N) is 1. The Balaban J connectivity index is 1.93. The highest BCUT2D eigenvalue weighted by molar-refractivity contribution is 7.90. The van der Waals surface area contributed by atoms with Gasteiger partial charge in [0.05, 0.1) is 13.2 Å². The largest absolute Gasteiger partial charge is 0.480 e. The average molecular weight is 348 g/mol. The number of nitrogens with one attached hydrogen (secondary N) is 1. The summed E-state index contributed by atoms with van der Waals surface area (Å²) in [6, 6.07) is -1.26. The van der Waals surface area contributed by atoms with Crippen molar-refractivity contribution >= 4 is 21.9 Å². The van der Waals surface area contributed by atoms with Crippen LogP contribution in [0.3, 0.4) is 0 Å². The van der Waals surface area contributed by atoms with Gasteiger partial charge < -0.3 is 14.7 Å². The second-order valence-corrected chi connectivity index (χ2v) is 8.10. The SMILES string of the molecule is CC1CCC(NS(=O)(=O)CC(=O)N2CCOCC2C(=O)O)CC1. The molecule has 1 aliphatic heterocycles. The zero-order valence-electron chi connectivity index (χ0n) is 13.2. The Morgan fingerprint density at radius 2 is 1.91 bits per heavy atom. The van der Waals surface area contributed by atoms with Gasteiger partial charge in [0, 0.05) is 12.6 Å². The number of morpholine rings is 1. The first-order valence-electron chi connectivity index (χ1n) is 7.88. The number of carboxylic acid groups (broad SMARTS) is 1. The minimum Gasteiger partial charge on any atom is -0.480 e. The number of rotatable bonds is 5. The lowest BCUT2D eigenvalue weighted by Gasteiger charge is -2.33. The van der Waals surface area contributed by atoms with Crippen LogP contribution in [0.2, 0.25) is 0 Å². The third-order valence-electron chi connectivity index (χ3n) is 4.41. The van der Waals surface area contributed by atoms with Crippen LogP contribution in [0.4, 0.5) is 0 Å². The minimum absolute atomic E-state index is 0.0895. The summed E-state index contributed by atoms with van der Waals surface area (Å²) in [7, 11) is -3.77. The van der Waals surface area contributed by atoms with Crippen LogP contribution in [0.25, 0.3) is 0 Å². The highest BCUT2D eigenvalue weighted by atomic mass is 32.2. The van der Waals surface area contributed by atoms with Gasteiger partial charge in [-0.25, -0.2) is 17.9 Å². The molecule has 1 unspecified atom stereocenters. The van der Waals surface area contributed by atoms with Crippen molar-refractivity contribution in [3.63, 3.8) is 0 Å². The first-order valence-corrected chi connectivity index (χ1v) is 9.54. The van der Waals surface area contributed by atoms with Gasteiger partial charge in [0.25, 0.3) is 0 Å². The number of carboxylic acids is 1. The van der Waals surface area contributed by atoms with Gasteiger partial charge in [0.2, 0.25) is 15.9 Å². The summed E-state index contributed by atoms with van der Waals surface area (Å²) in [4.78, 5) is 24.4. The van der Waals surface area contributed by atoms with E-state index in [1.807, 2.05) is 0 Å². The molecule has 9 heteroatoms. The van der Waals surface area contributed by atoms with E-state index in [1.165, 1.54) is 0 Å². The second-order valence-electron chi connectivity index (χ2n) is 6.35. The molecule has 1 amide bonds. The number of carbonyl (C=O) groups excluding carboxylic acids is 1. The lowest BCUT2D eigenvalue weighted by atomic mass is 9.88. The molecule has 1 saturated carbocycles. The maximum atomic E-state index is 12.2. The van der Waals surface area contributed by atoms with Gasteiger partial charge in [-0.1, -0.05) is 6.92 Å². The van der Waals surface area contributed by atoms with Gasteiger partial charge in [-0.15, -0.1) is 0 Å². The quantitative estimate of drug-likeness (QED) is 0.711. The van der Waals surface area contributed by atoms with Crippen molar-refractivity contribution in [2.45, 2.75) is 44.7 Å². The van der Waals surface area contributed by atoms with E-state index in [4.69, 9.17) is 9.84 Å². The molecule has 0 aromatic heterocycles. The first kappa shape index (κ1) is 18.2. The van der Waals surface area contributed by atoms with E-state index in [1.54, 1.807) is 0 Å². The Kier molecular flexibility index (Phi) is 5.99. The monoisotopic (exact) mass is 348 g/mol. The van der Waals surface area contributed by atoms with Crippen LogP contribution in [-0.2, 0) is 24.3 Å². The van der Waals surface area contributed by atoms with Gasteiger partial charge in [-0.05, 0) is 31.6 Å². The fourth-order valence-corrected chi connectivity index (χ4v) is 4.34. The Bertz CT molecular complexity index is 541. The molecule has 0 bridgehead atoms. The number of sulfonamides is 1. The molecule has 132 valence electrons. The molecule has 1 saturated heterocycles. The Labute approximate surface area is 136 Å². The van der Waals surface area contributed by atoms with Crippen LogP contribution in [0, 0.1) is 5.92 Å². The standard InChI is InChI=1S/C14H24N2O6S/c1-10-2-4-11(5-3-10)15-23(20,21)9-13(17)16-6-7-22-8-12(16)14(18)19/h10-12,15H,2-9H2,1H3,(H,18,19). The van der Waals surface area contributed by atoms with E-state index in [-0.39, 0.29) is 25.8 Å². The molecule has 2 aliphatic rings. The molecule has 0 spiro atoms. The smallest absolute Gasteiger partial charge is 0.328 e. The van der Waals surface area contributed by atoms with Crippen LogP contribution < -0.4 is 4.72 Å². The number of hydrogen-bond acceptors (Lipinski definition) is 5. The number of amides is 1. The number of aliphatic carboxylic acids is 1. The Morgan fingerprint density at radius 1 is 1.26 bits per heavy atom. The third kappa shape index (κ3) is 5.15. The van der Waals surface area contributed by atoms with E-state index in [9.17, 15) is 18.0 Å². The number of hydrogen-bond donors (Lipinski definition) is 2. The molecule has 8 nitrogen and oxygen atoms in total. The predicted molar refractivity (Wildman–Crippen MR) is 82.3 cm³/mol. The molecule has 1 heterocycles. The van der Waals surface area contributed by atoms with Gasteiger partial charge in [0.15, 0.2) is 6.04 Å². The summed E-state index contributed by atoms with van der Waals surface area (Å²) in [6.45, 7) is 2.32. The fourth-order valence-electron chi connectivity index (χ4n) is 3.03. The van der Waals surface area contributed by atoms with Crippen LogP contribution >= 0.6 is 0 Å². The molecule has 0 radical (unpaired) electrons. The minimum atomic E-state index is -3.77. The molecule has 1 atom stereocenters. The van der Waals surface area contributed by atoms with Crippen molar-refractivity contribution in [3.8, 4) is 0 Å². The van der Waals surface area contributed by atoms with Crippen molar-refractivity contribution < 1.29 is 27.9 Å². The van der Waals surface area contributed by atoms with E-state index in [0.29, 0.717) is 5.92 Å². The molecule has 1 aliphatic carbocycles. The van der Waals surface area contributed by atoms with Crippen molar-refractivity contribution in [2.75, 3.05) is 25.5 Å². The second kappa shape index (κ2) is 7.59. The van der Waals surface area contributed by atoms with Crippen LogP contribution in [0.15, 0.2) is 0 Å². The average Bonchev–Trinajstić information content (AvgIpc) is 2.49. The maximum absolute atomic E-state index is 12.2. The van der Waals surface area contributed by atoms with Crippen molar-refractivity contribution in [1.82, 2.24) is 9.62 Å². The summed E-state index contributed by atoms with van der Waals surface area (Å²) >= 11 is 0. The maximum Gasteiger partial charge on any atom is 0.328 e. The lowest BCUT2D eigenvalue weighted by molar-refractivity contribution is -0.157. The third-order valence-corrected chi connectivity index (χ3v) is 5.73. The first-order chi connectivity index (χ1) is 10.8. The molecule has 23 heavy (non-hydrogen) atoms. The van der Waals surface area contributed by atoms with Gasteiger partial charge in [-0.2, -0.15) is 0 Å². The van der Waals surface area contributed by atoms with Crippen molar-refractivity contribution in [1.29, 1.82) is 0 Å². The van der Waals surface area contributed by atoms with E-state index < -0.39 is 33.7 Å². The highest BCUT2D eigenvalue weighted by Gasteiger charge is 2.35. The summed E-state index contributed by atoms with van der Waals surface area (Å²) < 4.78 is 32.0. The van der Waals surface area contributed by atoms with Gasteiger partial charge >= 0.3 is 5.97 Å². The molecule has 2 N–H and O–H groups in total. The molecular formula is C14H24N2O6S. The Hall–Kier alpha value is -1.19. The van der Waals surface area contributed by atoms with Crippen LogP contribution in [0.5, 0.6) is 0 Å².